The second-order valence-corrected chi connectivity index (χ2v) is 7.79. The number of halogens is 3. The molecule has 3 heterocycles. The molecule has 0 saturated carbocycles. The quantitative estimate of drug-likeness (QED) is 0.423. The van der Waals surface area contributed by atoms with Crippen LogP contribution in [0.3, 0.4) is 0 Å². The number of nitrogens with one attached hydrogen (secondary N) is 2. The molecule has 0 radical (unpaired) electrons. The van der Waals surface area contributed by atoms with Crippen molar-refractivity contribution in [1.29, 1.82) is 0 Å². The molecule has 0 spiro atoms. The predicted octanol–water partition coefficient (Wildman–Crippen LogP) is 5.32. The number of pyridine rings is 2. The van der Waals surface area contributed by atoms with E-state index in [0.717, 1.165) is 34.0 Å². The van der Waals surface area contributed by atoms with Crippen LogP contribution in [0.25, 0.3) is 22.2 Å². The molecule has 0 aliphatic heterocycles. The lowest BCUT2D eigenvalue weighted by Gasteiger charge is -2.15. The second kappa shape index (κ2) is 8.69. The number of carbonyl (C=O) groups is 1. The molecule has 2 N–H and O–H groups in total. The maximum Gasteiger partial charge on any atom is 0.433 e. The number of nitrogens with zero attached hydrogens (tertiary/aromatic N) is 4. The molecule has 0 aliphatic carbocycles. The van der Waals surface area contributed by atoms with Crippen LogP contribution < -0.4 is 10.6 Å². The van der Waals surface area contributed by atoms with E-state index in [1.807, 2.05) is 26.0 Å². The number of amides is 1. The molecular formula is C24H21F3N6O. The van der Waals surface area contributed by atoms with Gasteiger partial charge in [-0.2, -0.15) is 18.2 Å². The van der Waals surface area contributed by atoms with Crippen LogP contribution >= 0.6 is 0 Å². The summed E-state index contributed by atoms with van der Waals surface area (Å²) in [5.74, 6) is -0.185. The van der Waals surface area contributed by atoms with Gasteiger partial charge >= 0.3 is 6.18 Å². The van der Waals surface area contributed by atoms with Crippen LogP contribution in [0, 0.1) is 20.8 Å². The number of anilines is 2. The summed E-state index contributed by atoms with van der Waals surface area (Å²) in [6.45, 7) is 5.02. The first-order valence-electron chi connectivity index (χ1n) is 10.4. The third-order valence-corrected chi connectivity index (χ3v) is 5.49. The van der Waals surface area contributed by atoms with Gasteiger partial charge in [0.15, 0.2) is 5.65 Å². The SMILES string of the molecule is CNc1ncc2cc(-c3cc(NC(=O)c4ccnc(C(F)(F)F)c4C)ccc3C)c(C)nc2n1. The lowest BCUT2D eigenvalue weighted by atomic mass is 9.98. The van der Waals surface area contributed by atoms with E-state index in [-0.39, 0.29) is 11.1 Å². The van der Waals surface area contributed by atoms with Crippen LogP contribution in [-0.2, 0) is 6.18 Å². The molecule has 10 heteroatoms. The summed E-state index contributed by atoms with van der Waals surface area (Å²) >= 11 is 0. The van der Waals surface area contributed by atoms with Gasteiger partial charge in [-0.1, -0.05) is 6.07 Å². The largest absolute Gasteiger partial charge is 0.433 e. The van der Waals surface area contributed by atoms with E-state index < -0.39 is 17.8 Å². The van der Waals surface area contributed by atoms with Gasteiger partial charge in [0, 0.05) is 47.3 Å². The van der Waals surface area contributed by atoms with Crippen LogP contribution in [0.5, 0.6) is 0 Å². The zero-order chi connectivity index (χ0) is 24.6. The molecule has 3 aromatic heterocycles. The lowest BCUT2D eigenvalue weighted by Crippen LogP contribution is -2.18. The highest BCUT2D eigenvalue weighted by Crippen LogP contribution is 2.33. The number of carbonyl (C=O) groups excluding carboxylic acids is 1. The molecule has 0 aliphatic rings. The lowest BCUT2D eigenvalue weighted by molar-refractivity contribution is -0.141. The Bertz CT molecular complexity index is 1420. The van der Waals surface area contributed by atoms with Gasteiger partial charge in [-0.3, -0.25) is 9.78 Å². The molecule has 0 atom stereocenters. The second-order valence-electron chi connectivity index (χ2n) is 7.79. The Hall–Kier alpha value is -4.08. The van der Waals surface area contributed by atoms with Gasteiger partial charge in [-0.05, 0) is 61.7 Å². The Balaban J connectivity index is 1.70. The monoisotopic (exact) mass is 466 g/mol. The highest BCUT2D eigenvalue weighted by atomic mass is 19.4. The molecule has 1 aromatic carbocycles. The van der Waals surface area contributed by atoms with Crippen molar-refractivity contribution in [2.24, 2.45) is 0 Å². The number of fused-ring (bicyclic) bond motifs is 1. The summed E-state index contributed by atoms with van der Waals surface area (Å²) in [6.07, 6.45) is -1.98. The highest BCUT2D eigenvalue weighted by Gasteiger charge is 2.35. The van der Waals surface area contributed by atoms with Crippen molar-refractivity contribution >= 4 is 28.6 Å². The average molecular weight is 466 g/mol. The van der Waals surface area contributed by atoms with E-state index in [4.69, 9.17) is 0 Å². The Morgan fingerprint density at radius 1 is 0.971 bits per heavy atom. The fraction of sp³-hybridized carbons (Fsp3) is 0.208. The Labute approximate surface area is 193 Å². The molecule has 34 heavy (non-hydrogen) atoms. The molecule has 0 fully saturated rings. The first-order chi connectivity index (χ1) is 16.1. The van der Waals surface area contributed by atoms with E-state index in [1.165, 1.54) is 13.0 Å². The molecule has 0 bridgehead atoms. The van der Waals surface area contributed by atoms with Gasteiger partial charge in [0.25, 0.3) is 5.91 Å². The minimum atomic E-state index is -4.64. The summed E-state index contributed by atoms with van der Waals surface area (Å²) in [7, 11) is 1.73. The van der Waals surface area contributed by atoms with Crippen molar-refractivity contribution < 1.29 is 18.0 Å². The summed E-state index contributed by atoms with van der Waals surface area (Å²) in [5.41, 5.74) is 2.93. The van der Waals surface area contributed by atoms with Crippen LogP contribution in [0.4, 0.5) is 24.8 Å². The fourth-order valence-corrected chi connectivity index (χ4v) is 3.70. The number of rotatable bonds is 4. The van der Waals surface area contributed by atoms with Crippen molar-refractivity contribution in [2.45, 2.75) is 26.9 Å². The molecule has 0 unspecified atom stereocenters. The van der Waals surface area contributed by atoms with Crippen molar-refractivity contribution in [3.8, 4) is 11.1 Å². The summed E-state index contributed by atoms with van der Waals surface area (Å²) < 4.78 is 39.5. The molecule has 4 rings (SSSR count). The van der Waals surface area contributed by atoms with Gasteiger partial charge in [0.1, 0.15) is 5.69 Å². The fourth-order valence-electron chi connectivity index (χ4n) is 3.70. The number of hydrogen-bond donors (Lipinski definition) is 2. The van der Waals surface area contributed by atoms with Crippen LogP contribution in [0.2, 0.25) is 0 Å². The molecular weight excluding hydrogens is 445 g/mol. The zero-order valence-electron chi connectivity index (χ0n) is 18.9. The predicted molar refractivity (Wildman–Crippen MR) is 124 cm³/mol. The van der Waals surface area contributed by atoms with Crippen LogP contribution in [0.1, 0.15) is 32.9 Å². The van der Waals surface area contributed by atoms with E-state index >= 15 is 0 Å². The van der Waals surface area contributed by atoms with Crippen LogP contribution in [-0.4, -0.2) is 32.9 Å². The third kappa shape index (κ3) is 4.39. The van der Waals surface area contributed by atoms with Crippen molar-refractivity contribution in [3.63, 3.8) is 0 Å². The molecule has 4 aromatic rings. The number of alkyl halides is 3. The number of aryl methyl sites for hydroxylation is 2. The Kier molecular flexibility index (Phi) is 5.90. The first-order valence-corrected chi connectivity index (χ1v) is 10.4. The van der Waals surface area contributed by atoms with Crippen LogP contribution in [0.15, 0.2) is 42.7 Å². The third-order valence-electron chi connectivity index (χ3n) is 5.49. The normalized spacial score (nSPS) is 11.5. The van der Waals surface area contributed by atoms with E-state index in [9.17, 15) is 18.0 Å². The zero-order valence-corrected chi connectivity index (χ0v) is 18.9. The molecule has 1 amide bonds. The Morgan fingerprint density at radius 2 is 1.74 bits per heavy atom. The molecule has 7 nitrogen and oxygen atoms in total. The topological polar surface area (TPSA) is 92.7 Å². The summed E-state index contributed by atoms with van der Waals surface area (Å²) in [5, 5.41) is 6.33. The van der Waals surface area contributed by atoms with Gasteiger partial charge in [-0.15, -0.1) is 0 Å². The number of aromatic nitrogens is 4. The van der Waals surface area contributed by atoms with Crippen molar-refractivity contribution in [2.75, 3.05) is 17.7 Å². The number of hydrogen-bond acceptors (Lipinski definition) is 6. The average Bonchev–Trinajstić information content (AvgIpc) is 2.79. The smallest absolute Gasteiger partial charge is 0.357 e. The summed E-state index contributed by atoms with van der Waals surface area (Å²) in [4.78, 5) is 29.4. The van der Waals surface area contributed by atoms with E-state index in [2.05, 4.69) is 30.6 Å². The van der Waals surface area contributed by atoms with E-state index in [1.54, 1.807) is 25.4 Å². The highest BCUT2D eigenvalue weighted by molar-refractivity contribution is 6.05. The maximum absolute atomic E-state index is 13.2. The van der Waals surface area contributed by atoms with E-state index in [0.29, 0.717) is 17.3 Å². The minimum absolute atomic E-state index is 0.0921. The van der Waals surface area contributed by atoms with Gasteiger partial charge in [0.05, 0.1) is 0 Å². The standard InChI is InChI=1S/C24H21F3N6O/c1-12-5-6-16(32-22(34)17-7-8-29-20(13(17)2)24(25,26)27)10-18(12)19-9-15-11-30-23(28-4)33-21(15)31-14(19)3/h5-11H,1-4H3,(H,32,34)(H,28,30,31,33). The number of benzene rings is 1. The Morgan fingerprint density at radius 3 is 2.44 bits per heavy atom. The van der Waals surface area contributed by atoms with Gasteiger partial charge < -0.3 is 10.6 Å². The van der Waals surface area contributed by atoms with Gasteiger partial charge in [0.2, 0.25) is 5.95 Å². The van der Waals surface area contributed by atoms with Crippen molar-refractivity contribution in [3.05, 3.63) is 70.8 Å². The molecule has 0 saturated heterocycles. The minimum Gasteiger partial charge on any atom is -0.357 e. The maximum atomic E-state index is 13.2. The van der Waals surface area contributed by atoms with Crippen molar-refractivity contribution in [1.82, 2.24) is 19.9 Å². The summed E-state index contributed by atoms with van der Waals surface area (Å²) in [6, 6.07) is 8.49. The van der Waals surface area contributed by atoms with Gasteiger partial charge in [-0.25, -0.2) is 9.97 Å². The molecule has 174 valence electrons. The first kappa shape index (κ1) is 23.1.